The average Bonchev–Trinajstić information content (AvgIpc) is 3.20. The van der Waals surface area contributed by atoms with Gasteiger partial charge in [0, 0.05) is 45.0 Å². The Bertz CT molecular complexity index is 796. The van der Waals surface area contributed by atoms with E-state index in [1.54, 1.807) is 20.4 Å². The van der Waals surface area contributed by atoms with Gasteiger partial charge in [-0.25, -0.2) is 4.98 Å². The molecule has 150 valence electrons. The number of aromatic nitrogens is 1. The van der Waals surface area contributed by atoms with Gasteiger partial charge >= 0.3 is 0 Å². The Balaban J connectivity index is 1.53. The minimum Gasteiger partial charge on any atom is -0.495 e. The lowest BCUT2D eigenvalue weighted by molar-refractivity contribution is 0.326. The Morgan fingerprint density at radius 3 is 2.96 bits per heavy atom. The number of nitrogens with zero attached hydrogens (tertiary/aromatic N) is 3. The molecule has 7 heteroatoms. The Hall–Kier alpha value is -2.96. The number of hydrogen-bond donors (Lipinski definition) is 2. The molecule has 1 aliphatic rings. The number of nitrogens with one attached hydrogen (secondary N) is 2. The minimum atomic E-state index is 0.326. The lowest BCUT2D eigenvalue weighted by Gasteiger charge is -2.22. The summed E-state index contributed by atoms with van der Waals surface area (Å²) in [5.74, 6) is 2.35. The highest BCUT2D eigenvalue weighted by Crippen LogP contribution is 2.30. The van der Waals surface area contributed by atoms with E-state index < -0.39 is 0 Å². The van der Waals surface area contributed by atoms with Crippen LogP contribution in [0.2, 0.25) is 0 Å². The number of rotatable bonds is 7. The van der Waals surface area contributed by atoms with Crippen molar-refractivity contribution in [1.82, 2.24) is 15.6 Å². The first-order valence-corrected chi connectivity index (χ1v) is 9.66. The first-order chi connectivity index (χ1) is 13.7. The molecule has 1 unspecified atom stereocenters. The highest BCUT2D eigenvalue weighted by atomic mass is 16.5. The van der Waals surface area contributed by atoms with E-state index in [0.717, 1.165) is 42.5 Å². The second-order valence-electron chi connectivity index (χ2n) is 6.61. The molecule has 1 atom stereocenters. The van der Waals surface area contributed by atoms with E-state index >= 15 is 0 Å². The van der Waals surface area contributed by atoms with Crippen molar-refractivity contribution >= 4 is 11.6 Å². The van der Waals surface area contributed by atoms with Crippen molar-refractivity contribution in [2.24, 2.45) is 4.99 Å². The Morgan fingerprint density at radius 1 is 1.32 bits per heavy atom. The summed E-state index contributed by atoms with van der Waals surface area (Å²) in [5, 5.41) is 6.89. The summed E-state index contributed by atoms with van der Waals surface area (Å²) < 4.78 is 11.0. The molecule has 2 heterocycles. The zero-order valence-corrected chi connectivity index (χ0v) is 16.8. The Kier molecular flexibility index (Phi) is 6.94. The van der Waals surface area contributed by atoms with Crippen molar-refractivity contribution in [2.75, 3.05) is 38.8 Å². The maximum atomic E-state index is 5.50. The quantitative estimate of drug-likeness (QED) is 0.565. The van der Waals surface area contributed by atoms with E-state index in [4.69, 9.17) is 9.47 Å². The van der Waals surface area contributed by atoms with Crippen molar-refractivity contribution in [3.63, 3.8) is 0 Å². The summed E-state index contributed by atoms with van der Waals surface area (Å²) in [5.41, 5.74) is 2.24. The summed E-state index contributed by atoms with van der Waals surface area (Å²) in [6.07, 6.45) is 2.81. The Morgan fingerprint density at radius 2 is 2.18 bits per heavy atom. The molecule has 3 rings (SSSR count). The van der Waals surface area contributed by atoms with Crippen LogP contribution in [0.1, 0.15) is 18.9 Å². The second-order valence-corrected chi connectivity index (χ2v) is 6.61. The molecular weight excluding hydrogens is 354 g/mol. The summed E-state index contributed by atoms with van der Waals surface area (Å²) in [6.45, 7) is 5.11. The number of guanidine groups is 1. The average molecular weight is 383 g/mol. The summed E-state index contributed by atoms with van der Waals surface area (Å²) >= 11 is 0. The molecule has 28 heavy (non-hydrogen) atoms. The topological polar surface area (TPSA) is 71.0 Å². The molecule has 0 radical (unpaired) electrons. The SMILES string of the molecule is CCOc1cc(CNC(=NC)NC2CCN(c3ccccc3OC)C2)ccn1. The number of anilines is 1. The van der Waals surface area contributed by atoms with Gasteiger partial charge in [-0.15, -0.1) is 0 Å². The van der Waals surface area contributed by atoms with Gasteiger partial charge in [-0.1, -0.05) is 12.1 Å². The zero-order chi connectivity index (χ0) is 19.8. The number of benzene rings is 1. The number of hydrogen-bond acceptors (Lipinski definition) is 5. The van der Waals surface area contributed by atoms with Crippen LogP contribution in [0.25, 0.3) is 0 Å². The third kappa shape index (κ3) is 5.06. The van der Waals surface area contributed by atoms with Gasteiger partial charge in [-0.3, -0.25) is 4.99 Å². The molecule has 2 aromatic rings. The molecular formula is C21H29N5O2. The smallest absolute Gasteiger partial charge is 0.213 e. The van der Waals surface area contributed by atoms with E-state index in [1.165, 1.54) is 0 Å². The normalized spacial score (nSPS) is 16.8. The van der Waals surface area contributed by atoms with Crippen LogP contribution in [-0.2, 0) is 6.54 Å². The van der Waals surface area contributed by atoms with Gasteiger partial charge in [0.1, 0.15) is 5.75 Å². The van der Waals surface area contributed by atoms with Gasteiger partial charge in [0.15, 0.2) is 5.96 Å². The van der Waals surface area contributed by atoms with E-state index in [9.17, 15) is 0 Å². The van der Waals surface area contributed by atoms with Crippen LogP contribution in [0.4, 0.5) is 5.69 Å². The molecule has 0 bridgehead atoms. The van der Waals surface area contributed by atoms with Crippen molar-refractivity contribution in [2.45, 2.75) is 25.9 Å². The molecule has 1 aromatic heterocycles. The molecule has 1 fully saturated rings. The highest BCUT2D eigenvalue weighted by molar-refractivity contribution is 5.80. The molecule has 7 nitrogen and oxygen atoms in total. The number of methoxy groups -OCH3 is 1. The van der Waals surface area contributed by atoms with Gasteiger partial charge < -0.3 is 25.0 Å². The zero-order valence-electron chi connectivity index (χ0n) is 16.8. The molecule has 0 amide bonds. The first kappa shape index (κ1) is 19.8. The number of ether oxygens (including phenoxy) is 2. The minimum absolute atomic E-state index is 0.326. The van der Waals surface area contributed by atoms with E-state index in [-0.39, 0.29) is 0 Å². The lowest BCUT2D eigenvalue weighted by atomic mass is 10.2. The van der Waals surface area contributed by atoms with E-state index in [1.807, 2.05) is 37.3 Å². The van der Waals surface area contributed by atoms with Crippen LogP contribution in [0.3, 0.4) is 0 Å². The van der Waals surface area contributed by atoms with Gasteiger partial charge in [0.05, 0.1) is 19.4 Å². The van der Waals surface area contributed by atoms with Gasteiger partial charge in [0.25, 0.3) is 0 Å². The third-order valence-corrected chi connectivity index (χ3v) is 4.73. The maximum absolute atomic E-state index is 5.50. The largest absolute Gasteiger partial charge is 0.495 e. The van der Waals surface area contributed by atoms with Crippen LogP contribution in [0.5, 0.6) is 11.6 Å². The van der Waals surface area contributed by atoms with Crippen LogP contribution in [0, 0.1) is 0 Å². The molecule has 1 aliphatic heterocycles. The van der Waals surface area contributed by atoms with Crippen molar-refractivity contribution in [3.05, 3.63) is 48.2 Å². The van der Waals surface area contributed by atoms with Gasteiger partial charge in [-0.05, 0) is 37.1 Å². The van der Waals surface area contributed by atoms with Crippen molar-refractivity contribution < 1.29 is 9.47 Å². The molecule has 1 aromatic carbocycles. The third-order valence-electron chi connectivity index (χ3n) is 4.73. The van der Waals surface area contributed by atoms with Crippen LogP contribution < -0.4 is 25.0 Å². The molecule has 0 spiro atoms. The van der Waals surface area contributed by atoms with Gasteiger partial charge in [-0.2, -0.15) is 0 Å². The van der Waals surface area contributed by atoms with Crippen LogP contribution in [0.15, 0.2) is 47.6 Å². The molecule has 0 saturated carbocycles. The van der Waals surface area contributed by atoms with Gasteiger partial charge in [0.2, 0.25) is 5.88 Å². The van der Waals surface area contributed by atoms with Crippen LogP contribution >= 0.6 is 0 Å². The fraction of sp³-hybridized carbons (Fsp3) is 0.429. The van der Waals surface area contributed by atoms with Crippen LogP contribution in [-0.4, -0.2) is 50.8 Å². The fourth-order valence-electron chi connectivity index (χ4n) is 3.35. The molecule has 0 aliphatic carbocycles. The predicted molar refractivity (Wildman–Crippen MR) is 112 cm³/mol. The summed E-state index contributed by atoms with van der Waals surface area (Å²) in [4.78, 5) is 10.9. The van der Waals surface area contributed by atoms with Crippen molar-refractivity contribution in [3.8, 4) is 11.6 Å². The molecule has 2 N–H and O–H groups in total. The van der Waals surface area contributed by atoms with E-state index in [0.29, 0.717) is 25.1 Å². The van der Waals surface area contributed by atoms with E-state index in [2.05, 4.69) is 31.6 Å². The monoisotopic (exact) mass is 383 g/mol. The summed E-state index contributed by atoms with van der Waals surface area (Å²) in [6, 6.07) is 12.4. The predicted octanol–water partition coefficient (Wildman–Crippen LogP) is 2.43. The standard InChI is InChI=1S/C21H29N5O2/c1-4-28-20-13-16(9-11-23-20)14-24-21(22-2)25-17-10-12-26(15-17)18-7-5-6-8-19(18)27-3/h5-9,11,13,17H,4,10,12,14-15H2,1-3H3,(H2,22,24,25). The van der Waals surface area contributed by atoms with Crippen molar-refractivity contribution in [1.29, 1.82) is 0 Å². The first-order valence-electron chi connectivity index (χ1n) is 9.66. The molecule has 1 saturated heterocycles. The number of pyridine rings is 1. The maximum Gasteiger partial charge on any atom is 0.213 e. The Labute approximate surface area is 166 Å². The number of aliphatic imine (C=N–C) groups is 1. The lowest BCUT2D eigenvalue weighted by Crippen LogP contribution is -2.44. The second kappa shape index (κ2) is 9.82. The number of para-hydroxylation sites is 2. The highest BCUT2D eigenvalue weighted by Gasteiger charge is 2.25. The summed E-state index contributed by atoms with van der Waals surface area (Å²) in [7, 11) is 3.51. The fourth-order valence-corrected chi connectivity index (χ4v) is 3.35.